The van der Waals surface area contributed by atoms with Crippen LogP contribution in [-0.4, -0.2) is 24.0 Å². The van der Waals surface area contributed by atoms with Gasteiger partial charge in [0.25, 0.3) is 0 Å². The van der Waals surface area contributed by atoms with Gasteiger partial charge in [-0.3, -0.25) is 4.90 Å². The summed E-state index contributed by atoms with van der Waals surface area (Å²) in [4.78, 5) is 2.91. The molecule has 1 atom stereocenters. The van der Waals surface area contributed by atoms with E-state index in [9.17, 15) is 0 Å². The number of rotatable bonds is 4. The number of unbranched alkanes of at least 4 members (excludes halogenated alkanes) is 1. The smallest absolute Gasteiger partial charge is 0.0152 e. The Morgan fingerprint density at radius 2 is 1.63 bits per heavy atom. The minimum absolute atomic E-state index is 0.777. The van der Waals surface area contributed by atoms with Crippen LogP contribution >= 0.6 is 0 Å². The molecule has 0 aromatic rings. The molecule has 0 unspecified atom stereocenters. The maximum atomic E-state index is 2.91. The minimum Gasteiger partial charge on any atom is -0.300 e. The quantitative estimate of drug-likeness (QED) is 0.722. The van der Waals surface area contributed by atoms with Crippen LogP contribution in [0.3, 0.4) is 0 Å². The number of likely N-dealkylation sites (tertiary alicyclic amines) is 1. The molecule has 4 bridgehead atoms. The van der Waals surface area contributed by atoms with Crippen LogP contribution in [0.15, 0.2) is 0 Å². The summed E-state index contributed by atoms with van der Waals surface area (Å²) in [5, 5.41) is 0. The molecule has 5 rings (SSSR count). The average Bonchev–Trinajstić information content (AvgIpc) is 2.83. The summed E-state index contributed by atoms with van der Waals surface area (Å²) in [6.07, 6.45) is 15.4. The van der Waals surface area contributed by atoms with E-state index in [0.29, 0.717) is 0 Å². The van der Waals surface area contributed by atoms with Crippen molar-refractivity contribution in [2.45, 2.75) is 77.2 Å². The van der Waals surface area contributed by atoms with Gasteiger partial charge in [-0.25, -0.2) is 0 Å². The molecule has 1 nitrogen and oxygen atoms in total. The van der Waals surface area contributed by atoms with Crippen molar-refractivity contribution in [2.75, 3.05) is 13.1 Å². The van der Waals surface area contributed by atoms with Crippen molar-refractivity contribution in [3.05, 3.63) is 0 Å². The zero-order valence-corrected chi connectivity index (χ0v) is 12.7. The lowest BCUT2D eigenvalue weighted by molar-refractivity contribution is -0.0928. The van der Waals surface area contributed by atoms with Crippen molar-refractivity contribution in [3.8, 4) is 0 Å². The van der Waals surface area contributed by atoms with E-state index in [1.807, 2.05) is 0 Å². The fourth-order valence-corrected chi connectivity index (χ4v) is 6.73. The Kier molecular flexibility index (Phi) is 3.17. The molecule has 0 aromatic carbocycles. The van der Waals surface area contributed by atoms with Crippen molar-refractivity contribution >= 4 is 0 Å². The Bertz CT molecular complexity index is 299. The highest BCUT2D eigenvalue weighted by atomic mass is 15.2. The van der Waals surface area contributed by atoms with Gasteiger partial charge in [-0.05, 0) is 94.0 Å². The summed E-state index contributed by atoms with van der Waals surface area (Å²) in [6.45, 7) is 5.14. The van der Waals surface area contributed by atoms with E-state index in [1.54, 1.807) is 38.5 Å². The number of hydrogen-bond acceptors (Lipinski definition) is 1. The summed E-state index contributed by atoms with van der Waals surface area (Å²) < 4.78 is 0. The summed E-state index contributed by atoms with van der Waals surface area (Å²) >= 11 is 0. The Morgan fingerprint density at radius 1 is 1.00 bits per heavy atom. The molecule has 0 amide bonds. The molecule has 1 saturated heterocycles. The fourth-order valence-electron chi connectivity index (χ4n) is 6.73. The van der Waals surface area contributed by atoms with Crippen molar-refractivity contribution in [3.63, 3.8) is 0 Å². The van der Waals surface area contributed by atoms with E-state index in [4.69, 9.17) is 0 Å². The average molecular weight is 261 g/mol. The summed E-state index contributed by atoms with van der Waals surface area (Å²) in [6, 6.07) is 0.979. The maximum absolute atomic E-state index is 2.91. The molecule has 0 aromatic heterocycles. The number of hydrogen-bond donors (Lipinski definition) is 0. The summed E-state index contributed by atoms with van der Waals surface area (Å²) in [7, 11) is 0. The van der Waals surface area contributed by atoms with Gasteiger partial charge in [-0.15, -0.1) is 0 Å². The first-order valence-corrected chi connectivity index (χ1v) is 9.03. The van der Waals surface area contributed by atoms with Crippen molar-refractivity contribution in [1.29, 1.82) is 0 Å². The van der Waals surface area contributed by atoms with E-state index in [1.165, 1.54) is 38.8 Å². The Morgan fingerprint density at radius 3 is 2.21 bits per heavy atom. The summed E-state index contributed by atoms with van der Waals surface area (Å²) in [5.74, 6) is 3.37. The highest BCUT2D eigenvalue weighted by molar-refractivity contribution is 5.07. The Hall–Kier alpha value is -0.0400. The van der Waals surface area contributed by atoms with E-state index < -0.39 is 0 Å². The second-order valence-electron chi connectivity index (χ2n) is 8.33. The van der Waals surface area contributed by atoms with E-state index in [0.717, 1.165) is 29.2 Å². The van der Waals surface area contributed by atoms with Gasteiger partial charge in [-0.2, -0.15) is 0 Å². The van der Waals surface area contributed by atoms with Crippen LogP contribution < -0.4 is 0 Å². The van der Waals surface area contributed by atoms with Crippen LogP contribution in [0, 0.1) is 23.2 Å². The molecule has 4 saturated carbocycles. The van der Waals surface area contributed by atoms with Gasteiger partial charge in [0, 0.05) is 6.04 Å². The maximum Gasteiger partial charge on any atom is 0.0152 e. The molecular weight excluding hydrogens is 230 g/mol. The van der Waals surface area contributed by atoms with Gasteiger partial charge in [-0.1, -0.05) is 13.3 Å². The van der Waals surface area contributed by atoms with Crippen molar-refractivity contribution < 1.29 is 0 Å². The van der Waals surface area contributed by atoms with Crippen LogP contribution in [0.2, 0.25) is 0 Å². The minimum atomic E-state index is 0.777. The first kappa shape index (κ1) is 12.7. The monoisotopic (exact) mass is 261 g/mol. The third-order valence-corrected chi connectivity index (χ3v) is 6.96. The summed E-state index contributed by atoms with van der Waals surface area (Å²) in [5.41, 5.74) is 0.777. The molecule has 19 heavy (non-hydrogen) atoms. The molecule has 0 spiro atoms. The van der Waals surface area contributed by atoms with E-state index in [2.05, 4.69) is 11.8 Å². The largest absolute Gasteiger partial charge is 0.300 e. The van der Waals surface area contributed by atoms with Gasteiger partial charge in [0.15, 0.2) is 0 Å². The third-order valence-electron chi connectivity index (χ3n) is 6.96. The lowest BCUT2D eigenvalue weighted by Gasteiger charge is -2.60. The van der Waals surface area contributed by atoms with Gasteiger partial charge in [0.2, 0.25) is 0 Å². The molecule has 0 N–H and O–H groups in total. The molecule has 4 aliphatic carbocycles. The van der Waals surface area contributed by atoms with Crippen LogP contribution in [0.4, 0.5) is 0 Å². The molecule has 1 aliphatic heterocycles. The third kappa shape index (κ3) is 2.07. The van der Waals surface area contributed by atoms with Gasteiger partial charge in [0.1, 0.15) is 0 Å². The fraction of sp³-hybridized carbons (Fsp3) is 1.00. The predicted molar refractivity (Wildman–Crippen MR) is 80.1 cm³/mol. The SMILES string of the molecule is CCCCN1CCC[C@H]1C12CC3CC(CC(C3)C1)C2. The van der Waals surface area contributed by atoms with E-state index in [-0.39, 0.29) is 0 Å². The predicted octanol–water partition coefficient (Wildman–Crippen LogP) is 4.47. The van der Waals surface area contributed by atoms with Crippen LogP contribution in [0.25, 0.3) is 0 Å². The second kappa shape index (κ2) is 4.76. The van der Waals surface area contributed by atoms with Crippen molar-refractivity contribution in [1.82, 2.24) is 4.90 Å². The lowest BCUT2D eigenvalue weighted by Crippen LogP contribution is -2.55. The van der Waals surface area contributed by atoms with Crippen LogP contribution in [0.1, 0.15) is 71.1 Å². The first-order valence-electron chi connectivity index (χ1n) is 9.03. The van der Waals surface area contributed by atoms with E-state index >= 15 is 0 Å². The molecule has 5 aliphatic rings. The normalized spacial score (nSPS) is 49.1. The first-order chi connectivity index (χ1) is 9.29. The number of nitrogens with zero attached hydrogens (tertiary/aromatic N) is 1. The molecule has 108 valence electrons. The molecule has 1 heterocycles. The van der Waals surface area contributed by atoms with Gasteiger partial charge < -0.3 is 0 Å². The van der Waals surface area contributed by atoms with Crippen LogP contribution in [0.5, 0.6) is 0 Å². The topological polar surface area (TPSA) is 3.24 Å². The second-order valence-corrected chi connectivity index (χ2v) is 8.33. The van der Waals surface area contributed by atoms with Crippen molar-refractivity contribution in [2.24, 2.45) is 23.2 Å². The highest BCUT2D eigenvalue weighted by Gasteiger charge is 2.55. The van der Waals surface area contributed by atoms with Crippen LogP contribution in [-0.2, 0) is 0 Å². The van der Waals surface area contributed by atoms with Gasteiger partial charge >= 0.3 is 0 Å². The standard InChI is InChI=1S/C18H31N/c1-2-3-6-19-7-4-5-17(19)18-11-14-8-15(12-18)10-16(9-14)13-18/h14-17H,2-13H2,1H3/t14?,15?,16?,17-,18?/m0/s1. The highest BCUT2D eigenvalue weighted by Crippen LogP contribution is 2.63. The Balaban J connectivity index is 1.54. The Labute approximate surface area is 119 Å². The lowest BCUT2D eigenvalue weighted by atomic mass is 9.47. The molecule has 0 radical (unpaired) electrons. The molecule has 5 fully saturated rings. The zero-order valence-electron chi connectivity index (χ0n) is 12.7. The van der Waals surface area contributed by atoms with Gasteiger partial charge in [0.05, 0.1) is 0 Å². The zero-order chi connectivity index (χ0) is 12.9. The molecular formula is C18H31N. The molecule has 1 heteroatoms.